The minimum absolute atomic E-state index is 0.795. The van der Waals surface area contributed by atoms with E-state index in [1.807, 2.05) is 0 Å². The molecule has 22 aromatic rings. The summed E-state index contributed by atoms with van der Waals surface area (Å²) in [5, 5.41) is 22.3. The van der Waals surface area contributed by atoms with Gasteiger partial charge in [-0.05, 0) is 202 Å². The van der Waals surface area contributed by atoms with E-state index in [9.17, 15) is 0 Å². The van der Waals surface area contributed by atoms with E-state index in [2.05, 4.69) is 420 Å². The van der Waals surface area contributed by atoms with Crippen LogP contribution in [0.4, 0.5) is 68.2 Å². The van der Waals surface area contributed by atoms with E-state index in [1.165, 1.54) is 5.39 Å². The summed E-state index contributed by atoms with van der Waals surface area (Å²) in [6, 6.07) is 145. The molecule has 0 aliphatic rings. The highest BCUT2D eigenvalue weighted by Gasteiger charge is 2.31. The van der Waals surface area contributed by atoms with Crippen molar-refractivity contribution >= 4 is 198 Å². The Hall–Kier alpha value is -14.7. The molecule has 0 fully saturated rings. The number of nitrogens with zero attached hydrogens (tertiary/aromatic N) is 4. The van der Waals surface area contributed by atoms with E-state index in [0.717, 1.165) is 204 Å². The first-order valence-corrected chi connectivity index (χ1v) is 37.6. The van der Waals surface area contributed by atoms with Gasteiger partial charge in [-0.3, -0.25) is 0 Å². The summed E-state index contributed by atoms with van der Waals surface area (Å²) < 4.78 is 15.6. The van der Waals surface area contributed by atoms with Crippen molar-refractivity contribution in [2.75, 3.05) is 19.6 Å². The van der Waals surface area contributed by atoms with Crippen molar-refractivity contribution in [2.45, 2.75) is 0 Å². The van der Waals surface area contributed by atoms with Gasteiger partial charge in [-0.15, -0.1) is 0 Å². The first kappa shape index (κ1) is 62.6. The fourth-order valence-electron chi connectivity index (χ4n) is 17.5. The zero-order chi connectivity index (χ0) is 72.3. The van der Waals surface area contributed by atoms with Gasteiger partial charge in [0.25, 0.3) is 0 Å². The maximum Gasteiger partial charge on any atom is 0.160 e. The van der Waals surface area contributed by atoms with Gasteiger partial charge >= 0.3 is 0 Å². The fraction of sp³-hybridized carbons (Fsp3) is 0. The first-order valence-electron chi connectivity index (χ1n) is 37.6. The van der Waals surface area contributed by atoms with E-state index in [1.54, 1.807) is 0 Å². The molecule has 0 saturated heterocycles. The molecule has 514 valence electrons. The molecule has 6 nitrogen and oxygen atoms in total. The van der Waals surface area contributed by atoms with Crippen LogP contribution in [0.25, 0.3) is 141 Å². The third kappa shape index (κ3) is 10.1. The minimum Gasteiger partial charge on any atom is -0.452 e. The van der Waals surface area contributed by atoms with E-state index in [-0.39, 0.29) is 0 Å². The normalized spacial score (nSPS) is 11.8. The molecular formula is C104H66N4O2. The number of hydrogen-bond donors (Lipinski definition) is 0. The van der Waals surface area contributed by atoms with Crippen LogP contribution in [0, 0.1) is 0 Å². The van der Waals surface area contributed by atoms with Crippen LogP contribution >= 0.6 is 0 Å². The molecule has 2 heterocycles. The maximum atomic E-state index is 7.85. The zero-order valence-electron chi connectivity index (χ0n) is 59.7. The standard InChI is InChI=1S/C104H66N4O2/c1-5-36-77(37-6-1)105(81-58-56-67-28-13-14-30-70(67)61-81)93-63-71-31-16-21-45-85(71)97-98-86-46-22-17-32-72(86)64-94(102(98)109-101(93)97)106(78-38-7-2-8-39-78)82-59-57-68-54-55-75(60-76(68)62-82)83-49-26-51-90-89(83)50-27-53-92(90)108(80-42-11-4-12-43-80)96-66-74-34-19-24-48-88(74)100-99-87-47-23-18-33-73(87)65-95(103(99)110-104(96)100)107(79-40-9-3-10-41-79)91-52-25-35-69-29-15-20-44-84(69)91/h1-66H. The van der Waals surface area contributed by atoms with Crippen molar-refractivity contribution in [3.05, 3.63) is 400 Å². The highest BCUT2D eigenvalue weighted by Crippen LogP contribution is 2.55. The summed E-state index contributed by atoms with van der Waals surface area (Å²) in [5.41, 5.74) is 17.4. The van der Waals surface area contributed by atoms with Gasteiger partial charge in [0.05, 0.1) is 34.1 Å². The third-order valence-corrected chi connectivity index (χ3v) is 22.4. The molecule has 20 aromatic carbocycles. The molecule has 110 heavy (non-hydrogen) atoms. The van der Waals surface area contributed by atoms with Crippen molar-refractivity contribution in [3.8, 4) is 11.1 Å². The highest BCUT2D eigenvalue weighted by molar-refractivity contribution is 6.33. The number of rotatable bonds is 13. The number of furan rings is 2. The van der Waals surface area contributed by atoms with Gasteiger partial charge in [-0.2, -0.15) is 0 Å². The predicted octanol–water partition coefficient (Wildman–Crippen LogP) is 30.3. The van der Waals surface area contributed by atoms with Crippen molar-refractivity contribution in [1.29, 1.82) is 0 Å². The topological polar surface area (TPSA) is 39.2 Å². The summed E-state index contributed by atoms with van der Waals surface area (Å²) in [7, 11) is 0. The maximum absolute atomic E-state index is 7.85. The van der Waals surface area contributed by atoms with Gasteiger partial charge in [0.15, 0.2) is 22.3 Å². The Morgan fingerprint density at radius 3 is 0.927 bits per heavy atom. The van der Waals surface area contributed by atoms with E-state index in [4.69, 9.17) is 8.83 Å². The van der Waals surface area contributed by atoms with Crippen LogP contribution in [0.1, 0.15) is 0 Å². The molecule has 0 N–H and O–H groups in total. The predicted molar refractivity (Wildman–Crippen MR) is 465 cm³/mol. The van der Waals surface area contributed by atoms with Crippen LogP contribution in [0.5, 0.6) is 0 Å². The number of benzene rings is 20. The molecule has 0 unspecified atom stereocenters. The molecule has 0 saturated carbocycles. The van der Waals surface area contributed by atoms with Crippen molar-refractivity contribution in [3.63, 3.8) is 0 Å². The summed E-state index contributed by atoms with van der Waals surface area (Å²) >= 11 is 0. The van der Waals surface area contributed by atoms with Gasteiger partial charge in [0.1, 0.15) is 0 Å². The molecule has 0 radical (unpaired) electrons. The molecule has 2 aromatic heterocycles. The second-order valence-corrected chi connectivity index (χ2v) is 28.6. The van der Waals surface area contributed by atoms with Crippen LogP contribution in [0.15, 0.2) is 409 Å². The Labute approximate surface area is 634 Å². The van der Waals surface area contributed by atoms with Crippen LogP contribution in [0.2, 0.25) is 0 Å². The van der Waals surface area contributed by atoms with Crippen LogP contribution in [-0.4, -0.2) is 0 Å². The van der Waals surface area contributed by atoms with Crippen molar-refractivity contribution < 1.29 is 8.83 Å². The molecule has 0 aliphatic heterocycles. The average molecular weight is 1400 g/mol. The van der Waals surface area contributed by atoms with Crippen LogP contribution < -0.4 is 19.6 Å². The Bertz CT molecular complexity index is 7430. The van der Waals surface area contributed by atoms with Gasteiger partial charge < -0.3 is 28.4 Å². The molecule has 0 amide bonds. The van der Waals surface area contributed by atoms with Crippen molar-refractivity contribution in [1.82, 2.24) is 0 Å². The molecule has 0 bridgehead atoms. The number of para-hydroxylation sites is 4. The Kier molecular flexibility index (Phi) is 14.5. The van der Waals surface area contributed by atoms with E-state index < -0.39 is 0 Å². The van der Waals surface area contributed by atoms with Crippen LogP contribution in [-0.2, 0) is 0 Å². The van der Waals surface area contributed by atoms with E-state index in [0.29, 0.717) is 0 Å². The smallest absolute Gasteiger partial charge is 0.160 e. The SMILES string of the molecule is c1ccc(N(c2ccc3ccccc3c2)c2cc3ccccc3c3c2oc2c(N(c4ccccc4)c4ccc5ccc(-c6cccc7c(N(c8ccccc8)c8cc9ccccc9c9c8oc8c(N(c%10ccccc%10)c%10cccc%11ccccc%10%11)cc%10ccccc%10c89)cccc67)cc5c4)cc4ccccc4c23)cc1. The summed E-state index contributed by atoms with van der Waals surface area (Å²) in [4.78, 5) is 9.58. The Morgan fingerprint density at radius 2 is 0.464 bits per heavy atom. The summed E-state index contributed by atoms with van der Waals surface area (Å²) in [6.07, 6.45) is 0. The molecule has 0 aliphatic carbocycles. The lowest BCUT2D eigenvalue weighted by atomic mass is 9.94. The number of fused-ring (bicyclic) bond motifs is 18. The van der Waals surface area contributed by atoms with Gasteiger partial charge in [0, 0.05) is 66.4 Å². The molecule has 6 heteroatoms. The molecule has 0 atom stereocenters. The Balaban J connectivity index is 0.725. The lowest BCUT2D eigenvalue weighted by Gasteiger charge is -2.28. The van der Waals surface area contributed by atoms with Crippen molar-refractivity contribution in [2.24, 2.45) is 0 Å². The van der Waals surface area contributed by atoms with Gasteiger partial charge in [-0.1, -0.05) is 285 Å². The molecular weight excluding hydrogens is 1340 g/mol. The molecule has 22 rings (SSSR count). The summed E-state index contributed by atoms with van der Waals surface area (Å²) in [5.74, 6) is 0. The number of anilines is 12. The second-order valence-electron chi connectivity index (χ2n) is 28.6. The highest BCUT2D eigenvalue weighted by atomic mass is 16.3. The first-order chi connectivity index (χ1) is 54.6. The average Bonchev–Trinajstić information content (AvgIpc) is 1.54. The fourth-order valence-corrected chi connectivity index (χ4v) is 17.5. The Morgan fingerprint density at radius 1 is 0.155 bits per heavy atom. The lowest BCUT2D eigenvalue weighted by Crippen LogP contribution is -2.11. The molecule has 0 spiro atoms. The van der Waals surface area contributed by atoms with Crippen LogP contribution in [0.3, 0.4) is 0 Å². The monoisotopic (exact) mass is 1400 g/mol. The summed E-state index contributed by atoms with van der Waals surface area (Å²) in [6.45, 7) is 0. The van der Waals surface area contributed by atoms with E-state index >= 15 is 0 Å². The minimum atomic E-state index is 0.795. The lowest BCUT2D eigenvalue weighted by molar-refractivity contribution is 0.669. The second kappa shape index (κ2) is 25.5. The zero-order valence-corrected chi connectivity index (χ0v) is 59.7. The quantitative estimate of drug-likeness (QED) is 0.115. The largest absolute Gasteiger partial charge is 0.452 e. The number of hydrogen-bond acceptors (Lipinski definition) is 6. The van der Waals surface area contributed by atoms with Gasteiger partial charge in [-0.25, -0.2) is 0 Å². The van der Waals surface area contributed by atoms with Gasteiger partial charge in [0.2, 0.25) is 0 Å². The third-order valence-electron chi connectivity index (χ3n) is 22.4.